The Hall–Kier alpha value is -4.19. The van der Waals surface area contributed by atoms with E-state index in [9.17, 15) is 27.6 Å². The number of Topliss-reactive ketones (excluding diaryl/α,β-unsaturated/α-hetero) is 1. The number of nitrogen functional groups attached to an aromatic ring is 1. The minimum atomic E-state index is -3.99. The zero-order valence-corrected chi connectivity index (χ0v) is 20.6. The van der Waals surface area contributed by atoms with Gasteiger partial charge in [-0.05, 0) is 43.2 Å². The fourth-order valence-corrected chi connectivity index (χ4v) is 5.95. The van der Waals surface area contributed by atoms with Crippen molar-refractivity contribution in [2.75, 3.05) is 16.6 Å². The maximum atomic E-state index is 13.4. The van der Waals surface area contributed by atoms with Crippen molar-refractivity contribution in [2.24, 2.45) is 14.1 Å². The van der Waals surface area contributed by atoms with E-state index in [-0.39, 0.29) is 22.3 Å². The van der Waals surface area contributed by atoms with E-state index >= 15 is 0 Å². The molecule has 1 aliphatic rings. The van der Waals surface area contributed by atoms with E-state index in [1.165, 1.54) is 42.7 Å². The molecular formula is C24H24N4O7S. The summed E-state index contributed by atoms with van der Waals surface area (Å²) >= 11 is 0. The van der Waals surface area contributed by atoms with Crippen molar-refractivity contribution >= 4 is 33.3 Å². The molecule has 0 saturated carbocycles. The number of rotatable bonds is 6. The van der Waals surface area contributed by atoms with Crippen LogP contribution in [0.5, 0.6) is 0 Å². The molecule has 0 radical (unpaired) electrons. The van der Waals surface area contributed by atoms with Crippen LogP contribution in [0.2, 0.25) is 0 Å². The van der Waals surface area contributed by atoms with Crippen molar-refractivity contribution in [1.82, 2.24) is 9.13 Å². The number of aromatic nitrogens is 2. The molecule has 36 heavy (non-hydrogen) atoms. The normalized spacial score (nSPS) is 15.0. The van der Waals surface area contributed by atoms with Gasteiger partial charge in [-0.15, -0.1) is 0 Å². The molecule has 0 fully saturated rings. The number of nitrogens with two attached hydrogens (primary N) is 1. The number of fused-ring (bicyclic) bond motifs is 1. The molecule has 1 aliphatic heterocycles. The van der Waals surface area contributed by atoms with Crippen molar-refractivity contribution in [3.8, 4) is 0 Å². The minimum absolute atomic E-state index is 0.0923. The first-order valence-electron chi connectivity index (χ1n) is 10.9. The Balaban J connectivity index is 1.57. The van der Waals surface area contributed by atoms with E-state index in [4.69, 9.17) is 10.5 Å². The van der Waals surface area contributed by atoms with E-state index in [2.05, 4.69) is 0 Å². The van der Waals surface area contributed by atoms with E-state index in [1.807, 2.05) is 12.1 Å². The van der Waals surface area contributed by atoms with Gasteiger partial charge in [-0.2, -0.15) is 0 Å². The van der Waals surface area contributed by atoms with Crippen LogP contribution in [-0.2, 0) is 35.3 Å². The third kappa shape index (κ3) is 4.09. The van der Waals surface area contributed by atoms with Gasteiger partial charge in [0.15, 0.2) is 6.61 Å². The van der Waals surface area contributed by atoms with E-state index in [0.717, 1.165) is 14.7 Å². The molecule has 0 aliphatic carbocycles. The second-order valence-electron chi connectivity index (χ2n) is 8.48. The highest BCUT2D eigenvalue weighted by Gasteiger charge is 2.36. The van der Waals surface area contributed by atoms with Crippen LogP contribution < -0.4 is 21.3 Å². The fraction of sp³-hybridized carbons (Fsp3) is 0.250. The van der Waals surface area contributed by atoms with E-state index in [1.54, 1.807) is 19.1 Å². The molecular weight excluding hydrogens is 488 g/mol. The molecule has 3 aromatic rings. The van der Waals surface area contributed by atoms with Crippen LogP contribution in [0.25, 0.3) is 0 Å². The van der Waals surface area contributed by atoms with Crippen molar-refractivity contribution in [1.29, 1.82) is 0 Å². The third-order valence-corrected chi connectivity index (χ3v) is 8.02. The zero-order valence-electron chi connectivity index (χ0n) is 19.8. The summed E-state index contributed by atoms with van der Waals surface area (Å²) in [5.41, 5.74) is 5.06. The predicted molar refractivity (Wildman–Crippen MR) is 132 cm³/mol. The van der Waals surface area contributed by atoms with Gasteiger partial charge in [0.1, 0.15) is 11.4 Å². The summed E-state index contributed by atoms with van der Waals surface area (Å²) in [5.74, 6) is -2.21. The lowest BCUT2D eigenvalue weighted by molar-refractivity contribution is 0.0474. The van der Waals surface area contributed by atoms with Crippen molar-refractivity contribution in [2.45, 2.75) is 24.3 Å². The summed E-state index contributed by atoms with van der Waals surface area (Å²) in [4.78, 5) is 49.4. The average molecular weight is 513 g/mol. The minimum Gasteiger partial charge on any atom is -0.454 e. The second kappa shape index (κ2) is 9.11. The Bertz CT molecular complexity index is 1620. The van der Waals surface area contributed by atoms with Crippen LogP contribution >= 0.6 is 0 Å². The lowest BCUT2D eigenvalue weighted by Gasteiger charge is -2.24. The van der Waals surface area contributed by atoms with Crippen molar-refractivity contribution < 1.29 is 22.7 Å². The van der Waals surface area contributed by atoms with E-state index < -0.39 is 45.2 Å². The maximum Gasteiger partial charge on any atom is 0.338 e. The standard InChI is InChI=1S/C24H24N4O7S/c1-14-11-15-7-4-5-10-18(15)28(14)36(33,34)17-9-6-8-16(12-17)23(31)35-13-19(29)20-21(25)26(2)24(32)27(3)22(20)30/h4-10,12,14H,11,13,25H2,1-3H3/t14-/m1/s1. The monoisotopic (exact) mass is 512 g/mol. The van der Waals surface area contributed by atoms with Gasteiger partial charge in [0.2, 0.25) is 5.78 Å². The summed E-state index contributed by atoms with van der Waals surface area (Å²) < 4.78 is 34.9. The molecule has 2 N–H and O–H groups in total. The summed E-state index contributed by atoms with van der Waals surface area (Å²) in [6.45, 7) is 0.973. The number of ether oxygens (including phenoxy) is 1. The SMILES string of the molecule is C[C@@H]1Cc2ccccc2N1S(=O)(=O)c1cccc(C(=O)OCC(=O)c2c(N)n(C)c(=O)n(C)c2=O)c1. The molecule has 1 atom stereocenters. The number of benzene rings is 2. The summed E-state index contributed by atoms with van der Waals surface area (Å²) in [6.07, 6.45) is 0.562. The lowest BCUT2D eigenvalue weighted by atomic mass is 10.1. The van der Waals surface area contributed by atoms with Crippen LogP contribution in [0.4, 0.5) is 11.5 Å². The second-order valence-corrected chi connectivity index (χ2v) is 10.3. The Labute approximate surface area is 206 Å². The van der Waals surface area contributed by atoms with Crippen molar-refractivity contribution in [3.63, 3.8) is 0 Å². The summed E-state index contributed by atoms with van der Waals surface area (Å²) in [5, 5.41) is 0. The number of hydrogen-bond acceptors (Lipinski definition) is 8. The molecule has 2 aromatic carbocycles. The Morgan fingerprint density at radius 3 is 2.47 bits per heavy atom. The van der Waals surface area contributed by atoms with Gasteiger partial charge >= 0.3 is 11.7 Å². The highest BCUT2D eigenvalue weighted by atomic mass is 32.2. The van der Waals surface area contributed by atoms with Gasteiger partial charge in [0, 0.05) is 20.1 Å². The number of carbonyl (C=O) groups is 2. The van der Waals surface area contributed by atoms with Crippen LogP contribution in [-0.4, -0.2) is 42.0 Å². The van der Waals surface area contributed by atoms with Crippen LogP contribution in [0, 0.1) is 0 Å². The molecule has 4 rings (SSSR count). The van der Waals surface area contributed by atoms with Gasteiger partial charge < -0.3 is 10.5 Å². The molecule has 0 bridgehead atoms. The summed E-state index contributed by atoms with van der Waals surface area (Å²) in [7, 11) is -1.50. The first-order valence-corrected chi connectivity index (χ1v) is 12.4. The first kappa shape index (κ1) is 24.9. The Kier molecular flexibility index (Phi) is 6.31. The van der Waals surface area contributed by atoms with Crippen LogP contribution in [0.1, 0.15) is 33.2 Å². The van der Waals surface area contributed by atoms with Gasteiger partial charge in [-0.25, -0.2) is 18.0 Å². The van der Waals surface area contributed by atoms with E-state index in [0.29, 0.717) is 12.1 Å². The molecule has 188 valence electrons. The smallest absolute Gasteiger partial charge is 0.338 e. The van der Waals surface area contributed by atoms with Crippen LogP contribution in [0.15, 0.2) is 63.0 Å². The average Bonchev–Trinajstić information content (AvgIpc) is 3.21. The molecule has 0 unspecified atom stereocenters. The molecule has 0 saturated heterocycles. The van der Waals surface area contributed by atoms with Gasteiger partial charge in [0.25, 0.3) is 15.6 Å². The number of ketones is 1. The number of nitrogens with zero attached hydrogens (tertiary/aromatic N) is 3. The number of para-hydroxylation sites is 1. The highest BCUT2D eigenvalue weighted by molar-refractivity contribution is 7.92. The molecule has 12 heteroatoms. The van der Waals surface area contributed by atoms with Crippen LogP contribution in [0.3, 0.4) is 0 Å². The first-order chi connectivity index (χ1) is 16.9. The molecule has 0 amide bonds. The van der Waals surface area contributed by atoms with Crippen molar-refractivity contribution in [3.05, 3.63) is 86.1 Å². The van der Waals surface area contributed by atoms with Gasteiger partial charge in [-0.3, -0.25) is 23.0 Å². The number of sulfonamides is 1. The fourth-order valence-electron chi connectivity index (χ4n) is 4.21. The topological polar surface area (TPSA) is 151 Å². The number of hydrogen-bond donors (Lipinski definition) is 1. The lowest BCUT2D eigenvalue weighted by Crippen LogP contribution is -2.42. The quantitative estimate of drug-likeness (QED) is 0.377. The number of anilines is 2. The highest BCUT2D eigenvalue weighted by Crippen LogP contribution is 2.36. The Morgan fingerprint density at radius 2 is 1.75 bits per heavy atom. The van der Waals surface area contributed by atoms with Gasteiger partial charge in [-0.1, -0.05) is 24.3 Å². The zero-order chi connectivity index (χ0) is 26.4. The molecule has 0 spiro atoms. The largest absolute Gasteiger partial charge is 0.454 e. The maximum absolute atomic E-state index is 13.4. The summed E-state index contributed by atoms with van der Waals surface area (Å²) in [6, 6.07) is 12.2. The molecule has 2 heterocycles. The Morgan fingerprint density at radius 1 is 1.06 bits per heavy atom. The number of esters is 1. The van der Waals surface area contributed by atoms with Gasteiger partial charge in [0.05, 0.1) is 16.1 Å². The molecule has 1 aromatic heterocycles. The number of carbonyl (C=O) groups excluding carboxylic acids is 2. The molecule has 11 nitrogen and oxygen atoms in total. The third-order valence-electron chi connectivity index (χ3n) is 6.09. The predicted octanol–water partition coefficient (Wildman–Crippen LogP) is 0.846.